The maximum Gasteiger partial charge on any atom is 0.130 e. The van der Waals surface area contributed by atoms with E-state index >= 15 is 0 Å². The molecule has 1 aromatic rings. The molecule has 0 radical (unpaired) electrons. The van der Waals surface area contributed by atoms with Gasteiger partial charge in [-0.15, -0.1) is 0 Å². The Labute approximate surface area is 90.9 Å². The number of rotatable bonds is 1. The SMILES string of the molecule is CC(C)c1ccc2c(c1F)CCN(C)C2. The van der Waals surface area contributed by atoms with E-state index in [9.17, 15) is 4.39 Å². The van der Waals surface area contributed by atoms with Gasteiger partial charge in [-0.3, -0.25) is 0 Å². The summed E-state index contributed by atoms with van der Waals surface area (Å²) >= 11 is 0. The summed E-state index contributed by atoms with van der Waals surface area (Å²) in [6.07, 6.45) is 0.845. The molecule has 82 valence electrons. The fourth-order valence-electron chi connectivity index (χ4n) is 2.22. The molecule has 0 N–H and O–H groups in total. The minimum absolute atomic E-state index is 0.0376. The van der Waals surface area contributed by atoms with Crippen LogP contribution in [0.2, 0.25) is 0 Å². The molecule has 0 aliphatic carbocycles. The van der Waals surface area contributed by atoms with Crippen molar-refractivity contribution in [3.05, 3.63) is 34.6 Å². The number of likely N-dealkylation sites (N-methyl/N-ethyl adjacent to an activating group) is 1. The van der Waals surface area contributed by atoms with E-state index in [2.05, 4.69) is 18.0 Å². The Morgan fingerprint density at radius 3 is 2.73 bits per heavy atom. The highest BCUT2D eigenvalue weighted by Gasteiger charge is 2.19. The van der Waals surface area contributed by atoms with E-state index in [1.54, 1.807) is 0 Å². The van der Waals surface area contributed by atoms with E-state index < -0.39 is 0 Å². The third-order valence-electron chi connectivity index (χ3n) is 3.18. The van der Waals surface area contributed by atoms with Gasteiger partial charge in [0.15, 0.2) is 0 Å². The van der Waals surface area contributed by atoms with Crippen molar-refractivity contribution in [2.45, 2.75) is 32.7 Å². The number of halogens is 1. The quantitative estimate of drug-likeness (QED) is 0.684. The first-order valence-corrected chi connectivity index (χ1v) is 5.58. The molecule has 2 rings (SSSR count). The fraction of sp³-hybridized carbons (Fsp3) is 0.538. The molecule has 1 nitrogen and oxygen atoms in total. The maximum atomic E-state index is 14.1. The average Bonchev–Trinajstić information content (AvgIpc) is 2.17. The summed E-state index contributed by atoms with van der Waals surface area (Å²) in [6, 6.07) is 4.03. The minimum Gasteiger partial charge on any atom is -0.302 e. The van der Waals surface area contributed by atoms with Gasteiger partial charge in [0.25, 0.3) is 0 Å². The van der Waals surface area contributed by atoms with Crippen LogP contribution in [0.15, 0.2) is 12.1 Å². The number of hydrogen-bond donors (Lipinski definition) is 0. The van der Waals surface area contributed by atoms with Crippen molar-refractivity contribution in [1.29, 1.82) is 0 Å². The zero-order valence-corrected chi connectivity index (χ0v) is 9.68. The molecular weight excluding hydrogens is 189 g/mol. The van der Waals surface area contributed by atoms with Gasteiger partial charge in [0, 0.05) is 13.1 Å². The number of nitrogens with zero attached hydrogens (tertiary/aromatic N) is 1. The Morgan fingerprint density at radius 2 is 2.07 bits per heavy atom. The van der Waals surface area contributed by atoms with Crippen molar-refractivity contribution in [2.24, 2.45) is 0 Å². The van der Waals surface area contributed by atoms with Crippen LogP contribution in [-0.2, 0) is 13.0 Å². The maximum absolute atomic E-state index is 14.1. The minimum atomic E-state index is 0.0376. The van der Waals surface area contributed by atoms with Crippen LogP contribution in [-0.4, -0.2) is 18.5 Å². The monoisotopic (exact) mass is 207 g/mol. The van der Waals surface area contributed by atoms with Crippen molar-refractivity contribution >= 4 is 0 Å². The normalized spacial score (nSPS) is 16.9. The van der Waals surface area contributed by atoms with Gasteiger partial charge in [-0.1, -0.05) is 26.0 Å². The molecule has 0 amide bonds. The third kappa shape index (κ3) is 1.91. The zero-order chi connectivity index (χ0) is 11.0. The molecule has 0 saturated heterocycles. The Balaban J connectivity index is 2.44. The second-order valence-electron chi connectivity index (χ2n) is 4.75. The van der Waals surface area contributed by atoms with Gasteiger partial charge < -0.3 is 4.90 Å². The summed E-state index contributed by atoms with van der Waals surface area (Å²) in [5.74, 6) is 0.311. The van der Waals surface area contributed by atoms with E-state index in [1.165, 1.54) is 0 Å². The predicted molar refractivity (Wildman–Crippen MR) is 60.5 cm³/mol. The van der Waals surface area contributed by atoms with Crippen LogP contribution in [0.25, 0.3) is 0 Å². The van der Waals surface area contributed by atoms with Crippen LogP contribution in [0, 0.1) is 5.82 Å². The molecule has 0 atom stereocenters. The number of fused-ring (bicyclic) bond motifs is 1. The predicted octanol–water partition coefficient (Wildman–Crippen LogP) is 2.94. The highest BCUT2D eigenvalue weighted by Crippen LogP contribution is 2.27. The van der Waals surface area contributed by atoms with Gasteiger partial charge in [0.1, 0.15) is 5.82 Å². The second kappa shape index (κ2) is 3.93. The molecular formula is C13H18FN. The molecule has 1 aromatic carbocycles. The Kier molecular flexibility index (Phi) is 2.79. The van der Waals surface area contributed by atoms with Gasteiger partial charge >= 0.3 is 0 Å². The topological polar surface area (TPSA) is 3.24 Å². The van der Waals surface area contributed by atoms with Crippen molar-refractivity contribution < 1.29 is 4.39 Å². The molecule has 0 unspecified atom stereocenters. The van der Waals surface area contributed by atoms with Crippen LogP contribution >= 0.6 is 0 Å². The fourth-order valence-corrected chi connectivity index (χ4v) is 2.22. The summed E-state index contributed by atoms with van der Waals surface area (Å²) in [5.41, 5.74) is 2.96. The first kappa shape index (κ1) is 10.6. The Hall–Kier alpha value is -0.890. The summed E-state index contributed by atoms with van der Waals surface area (Å²) in [6.45, 7) is 5.93. The third-order valence-corrected chi connectivity index (χ3v) is 3.18. The smallest absolute Gasteiger partial charge is 0.130 e. The van der Waals surface area contributed by atoms with Crippen molar-refractivity contribution in [3.63, 3.8) is 0 Å². The Morgan fingerprint density at radius 1 is 1.33 bits per heavy atom. The highest BCUT2D eigenvalue weighted by molar-refractivity contribution is 5.36. The van der Waals surface area contributed by atoms with Crippen LogP contribution in [0.3, 0.4) is 0 Å². The molecule has 15 heavy (non-hydrogen) atoms. The highest BCUT2D eigenvalue weighted by atomic mass is 19.1. The lowest BCUT2D eigenvalue weighted by atomic mass is 9.92. The zero-order valence-electron chi connectivity index (χ0n) is 9.68. The first-order valence-electron chi connectivity index (χ1n) is 5.58. The number of benzene rings is 1. The standard InChI is InChI=1S/C13H18FN/c1-9(2)11-5-4-10-8-15(3)7-6-12(10)13(11)14/h4-5,9H,6-8H2,1-3H3. The molecule has 1 heterocycles. The molecule has 0 spiro atoms. The summed E-state index contributed by atoms with van der Waals surface area (Å²) in [4.78, 5) is 2.23. The van der Waals surface area contributed by atoms with E-state index in [0.29, 0.717) is 0 Å². The van der Waals surface area contributed by atoms with Crippen LogP contribution in [0.4, 0.5) is 4.39 Å². The summed E-state index contributed by atoms with van der Waals surface area (Å²) in [7, 11) is 2.08. The van der Waals surface area contributed by atoms with Crippen LogP contribution < -0.4 is 0 Å². The van der Waals surface area contributed by atoms with E-state index in [4.69, 9.17) is 0 Å². The van der Waals surface area contributed by atoms with E-state index in [1.807, 2.05) is 19.9 Å². The van der Waals surface area contributed by atoms with Gasteiger partial charge in [-0.2, -0.15) is 0 Å². The van der Waals surface area contributed by atoms with Crippen molar-refractivity contribution in [2.75, 3.05) is 13.6 Å². The van der Waals surface area contributed by atoms with Crippen molar-refractivity contribution in [3.8, 4) is 0 Å². The van der Waals surface area contributed by atoms with Crippen LogP contribution in [0.5, 0.6) is 0 Å². The van der Waals surface area contributed by atoms with Crippen molar-refractivity contribution in [1.82, 2.24) is 4.90 Å². The average molecular weight is 207 g/mol. The molecule has 0 aromatic heterocycles. The molecule has 1 aliphatic rings. The summed E-state index contributed by atoms with van der Waals surface area (Å²) < 4.78 is 14.1. The largest absolute Gasteiger partial charge is 0.302 e. The lowest BCUT2D eigenvalue weighted by Gasteiger charge is -2.26. The Bertz CT molecular complexity index is 371. The van der Waals surface area contributed by atoms with Gasteiger partial charge in [-0.05, 0) is 36.1 Å². The van der Waals surface area contributed by atoms with Gasteiger partial charge in [0.2, 0.25) is 0 Å². The molecule has 1 aliphatic heterocycles. The molecule has 0 fully saturated rings. The molecule has 0 bridgehead atoms. The molecule has 2 heteroatoms. The van der Waals surface area contributed by atoms with E-state index in [0.717, 1.165) is 36.2 Å². The number of hydrogen-bond acceptors (Lipinski definition) is 1. The van der Waals surface area contributed by atoms with E-state index in [-0.39, 0.29) is 11.7 Å². The lowest BCUT2D eigenvalue weighted by molar-refractivity contribution is 0.308. The first-order chi connectivity index (χ1) is 7.09. The van der Waals surface area contributed by atoms with Crippen LogP contribution in [0.1, 0.15) is 36.5 Å². The lowest BCUT2D eigenvalue weighted by Crippen LogP contribution is -2.27. The summed E-state index contributed by atoms with van der Waals surface area (Å²) in [5, 5.41) is 0. The second-order valence-corrected chi connectivity index (χ2v) is 4.75. The van der Waals surface area contributed by atoms with Gasteiger partial charge in [-0.25, -0.2) is 4.39 Å². The van der Waals surface area contributed by atoms with Gasteiger partial charge in [0.05, 0.1) is 0 Å². The molecule has 0 saturated carbocycles.